The van der Waals surface area contributed by atoms with Crippen LogP contribution in [0.3, 0.4) is 0 Å². The maximum Gasteiger partial charge on any atom is 0.153 e. The molecule has 5 nitrogen and oxygen atoms in total. The standard InChI is InChI=1S/C14H20BrN5/c1-5-6-16-12(13-14(15)18-19-20(13)4)11-10(3)7-9(2)8-17-11/h7-8,12,16H,5-6H2,1-4H3. The van der Waals surface area contributed by atoms with Crippen molar-refractivity contribution < 1.29 is 0 Å². The summed E-state index contributed by atoms with van der Waals surface area (Å²) in [6.45, 7) is 7.21. The van der Waals surface area contributed by atoms with Crippen LogP contribution >= 0.6 is 15.9 Å². The van der Waals surface area contributed by atoms with Gasteiger partial charge >= 0.3 is 0 Å². The average molecular weight is 338 g/mol. The summed E-state index contributed by atoms with van der Waals surface area (Å²) in [4.78, 5) is 4.62. The molecule has 1 atom stereocenters. The second-order valence-electron chi connectivity index (χ2n) is 4.99. The van der Waals surface area contributed by atoms with E-state index in [0.717, 1.165) is 29.0 Å². The first kappa shape index (κ1) is 15.1. The minimum Gasteiger partial charge on any atom is -0.304 e. The van der Waals surface area contributed by atoms with E-state index >= 15 is 0 Å². The van der Waals surface area contributed by atoms with Gasteiger partial charge in [0.05, 0.1) is 17.4 Å². The fraction of sp³-hybridized carbons (Fsp3) is 0.500. The van der Waals surface area contributed by atoms with Gasteiger partial charge in [0.2, 0.25) is 0 Å². The lowest BCUT2D eigenvalue weighted by Gasteiger charge is -2.20. The van der Waals surface area contributed by atoms with Crippen LogP contribution < -0.4 is 5.32 Å². The Balaban J connectivity index is 2.47. The van der Waals surface area contributed by atoms with Gasteiger partial charge in [0, 0.05) is 13.2 Å². The number of hydrogen-bond acceptors (Lipinski definition) is 4. The highest BCUT2D eigenvalue weighted by Gasteiger charge is 2.24. The third-order valence-corrected chi connectivity index (χ3v) is 3.79. The molecule has 0 saturated heterocycles. The molecule has 2 aromatic rings. The molecule has 0 aromatic carbocycles. The number of nitrogens with zero attached hydrogens (tertiary/aromatic N) is 4. The first-order chi connectivity index (χ1) is 9.54. The molecule has 20 heavy (non-hydrogen) atoms. The van der Waals surface area contributed by atoms with Gasteiger partial charge in [0.15, 0.2) is 4.60 Å². The molecule has 0 saturated carbocycles. The van der Waals surface area contributed by atoms with Gasteiger partial charge in [-0.2, -0.15) is 0 Å². The van der Waals surface area contributed by atoms with E-state index in [0.29, 0.717) is 0 Å². The zero-order chi connectivity index (χ0) is 14.7. The molecule has 0 aliphatic rings. The maximum absolute atomic E-state index is 4.62. The molecule has 0 fully saturated rings. The van der Waals surface area contributed by atoms with Gasteiger partial charge < -0.3 is 5.32 Å². The summed E-state index contributed by atoms with van der Waals surface area (Å²) in [6, 6.07) is 2.14. The largest absolute Gasteiger partial charge is 0.304 e. The molecule has 1 N–H and O–H groups in total. The fourth-order valence-electron chi connectivity index (χ4n) is 2.28. The molecular weight excluding hydrogens is 318 g/mol. The van der Waals surface area contributed by atoms with Crippen LogP contribution in [0.4, 0.5) is 0 Å². The molecule has 6 heteroatoms. The summed E-state index contributed by atoms with van der Waals surface area (Å²) in [5.41, 5.74) is 4.36. The Kier molecular flexibility index (Phi) is 4.88. The zero-order valence-corrected chi connectivity index (χ0v) is 13.9. The molecule has 0 radical (unpaired) electrons. The van der Waals surface area contributed by atoms with Gasteiger partial charge in [-0.3, -0.25) is 4.98 Å². The first-order valence-corrected chi connectivity index (χ1v) is 7.55. The van der Waals surface area contributed by atoms with E-state index in [1.54, 1.807) is 4.68 Å². The third kappa shape index (κ3) is 3.07. The van der Waals surface area contributed by atoms with Gasteiger partial charge in [-0.15, -0.1) is 5.10 Å². The molecule has 0 aliphatic heterocycles. The topological polar surface area (TPSA) is 55.6 Å². The second kappa shape index (κ2) is 6.45. The second-order valence-corrected chi connectivity index (χ2v) is 5.74. The summed E-state index contributed by atoms with van der Waals surface area (Å²) in [5, 5.41) is 11.7. The minimum absolute atomic E-state index is 0.00933. The first-order valence-electron chi connectivity index (χ1n) is 6.76. The van der Waals surface area contributed by atoms with Crippen LogP contribution in [0.15, 0.2) is 16.9 Å². The Morgan fingerprint density at radius 3 is 2.70 bits per heavy atom. The van der Waals surface area contributed by atoms with Gasteiger partial charge in [0.25, 0.3) is 0 Å². The number of nitrogens with one attached hydrogen (secondary N) is 1. The Morgan fingerprint density at radius 2 is 2.15 bits per heavy atom. The van der Waals surface area contributed by atoms with Crippen molar-refractivity contribution in [2.75, 3.05) is 6.54 Å². The molecule has 108 valence electrons. The van der Waals surface area contributed by atoms with E-state index < -0.39 is 0 Å². The van der Waals surface area contributed by atoms with Gasteiger partial charge in [-0.1, -0.05) is 18.2 Å². The van der Waals surface area contributed by atoms with Crippen LogP contribution in [0, 0.1) is 13.8 Å². The van der Waals surface area contributed by atoms with E-state index in [1.807, 2.05) is 13.2 Å². The molecule has 2 rings (SSSR count). The molecular formula is C14H20BrN5. The lowest BCUT2D eigenvalue weighted by atomic mass is 10.0. The van der Waals surface area contributed by atoms with Crippen LogP contribution in [0.2, 0.25) is 0 Å². The van der Waals surface area contributed by atoms with Gasteiger partial charge in [-0.25, -0.2) is 4.68 Å². The Hall–Kier alpha value is -1.27. The zero-order valence-electron chi connectivity index (χ0n) is 12.3. The molecule has 2 aromatic heterocycles. The average Bonchev–Trinajstić information content (AvgIpc) is 2.72. The summed E-state index contributed by atoms with van der Waals surface area (Å²) in [6.07, 6.45) is 2.96. The third-order valence-electron chi connectivity index (χ3n) is 3.23. The number of pyridine rings is 1. The van der Waals surface area contributed by atoms with Crippen molar-refractivity contribution in [3.63, 3.8) is 0 Å². The van der Waals surface area contributed by atoms with E-state index in [1.165, 1.54) is 11.1 Å². The number of rotatable bonds is 5. The molecule has 0 spiro atoms. The van der Waals surface area contributed by atoms with Gasteiger partial charge in [0.1, 0.15) is 0 Å². The Labute approximate surface area is 127 Å². The van der Waals surface area contributed by atoms with Crippen LogP contribution in [0.5, 0.6) is 0 Å². The number of hydrogen-bond donors (Lipinski definition) is 1. The lowest BCUT2D eigenvalue weighted by Crippen LogP contribution is -2.27. The lowest BCUT2D eigenvalue weighted by molar-refractivity contribution is 0.538. The van der Waals surface area contributed by atoms with E-state index in [2.05, 4.69) is 63.4 Å². The van der Waals surface area contributed by atoms with Crippen molar-refractivity contribution in [1.82, 2.24) is 25.3 Å². The van der Waals surface area contributed by atoms with E-state index in [9.17, 15) is 0 Å². The van der Waals surface area contributed by atoms with Crippen molar-refractivity contribution >= 4 is 15.9 Å². The van der Waals surface area contributed by atoms with Crippen molar-refractivity contribution in [2.45, 2.75) is 33.2 Å². The van der Waals surface area contributed by atoms with Crippen LogP contribution in [-0.4, -0.2) is 26.5 Å². The SMILES string of the molecule is CCCNC(c1ncc(C)cc1C)c1c(Br)nnn1C. The number of aryl methyl sites for hydroxylation is 3. The number of aromatic nitrogens is 4. The predicted octanol–water partition coefficient (Wildman–Crippen LogP) is 2.68. The molecule has 1 unspecified atom stereocenters. The van der Waals surface area contributed by atoms with Crippen LogP contribution in [0.1, 0.15) is 41.9 Å². The highest BCUT2D eigenvalue weighted by molar-refractivity contribution is 9.10. The quantitative estimate of drug-likeness (QED) is 0.911. The Bertz CT molecular complexity index is 574. The van der Waals surface area contributed by atoms with Crippen molar-refractivity contribution in [2.24, 2.45) is 7.05 Å². The summed E-state index contributed by atoms with van der Waals surface area (Å²) in [7, 11) is 1.90. The maximum atomic E-state index is 4.62. The number of halogens is 1. The highest BCUT2D eigenvalue weighted by atomic mass is 79.9. The van der Waals surface area contributed by atoms with Crippen LogP contribution in [0.25, 0.3) is 0 Å². The van der Waals surface area contributed by atoms with Crippen molar-refractivity contribution in [1.29, 1.82) is 0 Å². The molecule has 0 bridgehead atoms. The fourth-order valence-corrected chi connectivity index (χ4v) is 2.84. The monoisotopic (exact) mass is 337 g/mol. The van der Waals surface area contributed by atoms with E-state index in [-0.39, 0.29) is 6.04 Å². The van der Waals surface area contributed by atoms with Crippen molar-refractivity contribution in [3.05, 3.63) is 39.4 Å². The minimum atomic E-state index is -0.00933. The van der Waals surface area contributed by atoms with Crippen LogP contribution in [-0.2, 0) is 7.05 Å². The van der Waals surface area contributed by atoms with Gasteiger partial charge in [-0.05, 0) is 53.9 Å². The normalized spacial score (nSPS) is 12.7. The highest BCUT2D eigenvalue weighted by Crippen LogP contribution is 2.27. The smallest absolute Gasteiger partial charge is 0.153 e. The molecule has 0 aliphatic carbocycles. The predicted molar refractivity (Wildman–Crippen MR) is 82.6 cm³/mol. The summed E-state index contributed by atoms with van der Waals surface area (Å²) in [5.74, 6) is 0. The molecule has 0 amide bonds. The van der Waals surface area contributed by atoms with E-state index in [4.69, 9.17) is 0 Å². The van der Waals surface area contributed by atoms with Crippen molar-refractivity contribution in [3.8, 4) is 0 Å². The Morgan fingerprint density at radius 1 is 1.40 bits per heavy atom. The molecule has 2 heterocycles. The summed E-state index contributed by atoms with van der Waals surface area (Å²) < 4.78 is 2.55. The summed E-state index contributed by atoms with van der Waals surface area (Å²) >= 11 is 3.48.